The molecule has 0 aliphatic carbocycles. The molecule has 5 nitrogen and oxygen atoms in total. The molecular weight excluding hydrogens is 334 g/mol. The second-order valence-corrected chi connectivity index (χ2v) is 8.16. The predicted molar refractivity (Wildman–Crippen MR) is 109 cm³/mol. The summed E-state index contributed by atoms with van der Waals surface area (Å²) in [6, 6.07) is 19.0. The van der Waals surface area contributed by atoms with Crippen LogP contribution in [0.2, 0.25) is 0 Å². The number of benzene rings is 2. The second-order valence-electron chi connectivity index (χ2n) is 8.16. The Hall–Kier alpha value is -2.34. The molecule has 0 amide bonds. The lowest BCUT2D eigenvalue weighted by atomic mass is 9.74. The Balaban J connectivity index is 1.51. The summed E-state index contributed by atoms with van der Waals surface area (Å²) in [6.45, 7) is 8.52. The Morgan fingerprint density at radius 3 is 2.04 bits per heavy atom. The first-order valence-corrected chi connectivity index (χ1v) is 9.61. The fourth-order valence-electron chi connectivity index (χ4n) is 4.81. The largest absolute Gasteiger partial charge is 0.276 e. The summed E-state index contributed by atoms with van der Waals surface area (Å²) in [7, 11) is 0. The summed E-state index contributed by atoms with van der Waals surface area (Å²) < 4.78 is 0. The van der Waals surface area contributed by atoms with Crippen LogP contribution in [0.1, 0.15) is 16.7 Å². The van der Waals surface area contributed by atoms with Gasteiger partial charge in [-0.3, -0.25) is 14.7 Å². The molecule has 0 aromatic heterocycles. The predicted octanol–water partition coefficient (Wildman–Crippen LogP) is 2.62. The van der Waals surface area contributed by atoms with E-state index in [1.165, 1.54) is 11.1 Å². The van der Waals surface area contributed by atoms with Crippen LogP contribution < -0.4 is 0 Å². The van der Waals surface area contributed by atoms with Gasteiger partial charge >= 0.3 is 0 Å². The minimum absolute atomic E-state index is 0.0285. The molecule has 0 atom stereocenters. The zero-order valence-corrected chi connectivity index (χ0v) is 15.8. The molecule has 0 radical (unpaired) electrons. The molecule has 2 aromatic rings. The molecule has 4 fully saturated rings. The number of hydrogen-bond donors (Lipinski definition) is 0. The molecule has 138 valence electrons. The lowest BCUT2D eigenvalue weighted by molar-refractivity contribution is -0.149. The summed E-state index contributed by atoms with van der Waals surface area (Å²) in [5.74, 6) is 0. The van der Waals surface area contributed by atoms with Crippen LogP contribution in [0, 0.1) is 12.3 Å². The van der Waals surface area contributed by atoms with Crippen molar-refractivity contribution in [1.29, 1.82) is 0 Å². The molecule has 0 unspecified atom stereocenters. The molecular formula is C22H25N5. The van der Waals surface area contributed by atoms with E-state index in [0.717, 1.165) is 50.9 Å². The highest BCUT2D eigenvalue weighted by molar-refractivity contribution is 6.05. The van der Waals surface area contributed by atoms with E-state index in [2.05, 4.69) is 81.3 Å². The van der Waals surface area contributed by atoms with Gasteiger partial charge < -0.3 is 0 Å². The second kappa shape index (κ2) is 6.68. The van der Waals surface area contributed by atoms with Gasteiger partial charge in [0, 0.05) is 19.6 Å². The number of rotatable bonds is 4. The Kier molecular flexibility index (Phi) is 4.16. The molecule has 4 saturated heterocycles. The average Bonchev–Trinajstić information content (AvgIpc) is 2.66. The summed E-state index contributed by atoms with van der Waals surface area (Å²) in [4.78, 5) is 7.58. The van der Waals surface area contributed by atoms with Crippen LogP contribution in [0.25, 0.3) is 0 Å². The topological polar surface area (TPSA) is 34.4 Å². The highest BCUT2D eigenvalue weighted by Crippen LogP contribution is 2.38. The van der Waals surface area contributed by atoms with Crippen molar-refractivity contribution in [2.24, 2.45) is 15.6 Å². The van der Waals surface area contributed by atoms with Crippen LogP contribution in [-0.2, 0) is 0 Å². The van der Waals surface area contributed by atoms with E-state index in [1.807, 2.05) is 6.21 Å². The van der Waals surface area contributed by atoms with Gasteiger partial charge in [-0.1, -0.05) is 60.2 Å². The first-order chi connectivity index (χ1) is 13.2. The zero-order valence-electron chi connectivity index (χ0n) is 15.8. The van der Waals surface area contributed by atoms with E-state index in [4.69, 9.17) is 5.10 Å². The lowest BCUT2D eigenvalue weighted by Crippen LogP contribution is -2.74. The van der Waals surface area contributed by atoms with Gasteiger partial charge in [-0.2, -0.15) is 10.2 Å². The van der Waals surface area contributed by atoms with Gasteiger partial charge in [0.1, 0.15) is 0 Å². The monoisotopic (exact) mass is 359 g/mol. The van der Waals surface area contributed by atoms with Crippen molar-refractivity contribution in [3.05, 3.63) is 71.3 Å². The van der Waals surface area contributed by atoms with E-state index >= 15 is 0 Å². The maximum absolute atomic E-state index is 4.81. The number of aryl methyl sites for hydroxylation is 1. The van der Waals surface area contributed by atoms with E-state index in [1.54, 1.807) is 0 Å². The fraction of sp³-hybridized carbons (Fsp3) is 0.364. The Morgan fingerprint density at radius 1 is 0.852 bits per heavy atom. The lowest BCUT2D eigenvalue weighted by Gasteiger charge is -2.60. The van der Waals surface area contributed by atoms with Crippen LogP contribution in [0.15, 0.2) is 64.8 Å². The first kappa shape index (κ1) is 16.8. The van der Waals surface area contributed by atoms with Crippen molar-refractivity contribution < 1.29 is 0 Å². The molecule has 27 heavy (non-hydrogen) atoms. The SMILES string of the molecule is Cc1ccc(/C=N/N=C(\c2ccccc2)C23CN4CN(CN(C4)C2)C3)cc1. The van der Waals surface area contributed by atoms with Crippen molar-refractivity contribution >= 4 is 11.9 Å². The molecule has 6 rings (SSSR count). The van der Waals surface area contributed by atoms with E-state index in [0.29, 0.717) is 0 Å². The van der Waals surface area contributed by atoms with Crippen LogP contribution in [0.5, 0.6) is 0 Å². The molecule has 4 aliphatic rings. The van der Waals surface area contributed by atoms with Crippen molar-refractivity contribution in [2.45, 2.75) is 6.92 Å². The molecule has 2 aromatic carbocycles. The normalized spacial score (nSPS) is 32.3. The van der Waals surface area contributed by atoms with Gasteiger partial charge in [-0.05, 0) is 18.1 Å². The summed E-state index contributed by atoms with van der Waals surface area (Å²) in [5, 5.41) is 9.32. The minimum atomic E-state index is 0.0285. The Bertz CT molecular complexity index is 834. The van der Waals surface area contributed by atoms with Crippen molar-refractivity contribution in [2.75, 3.05) is 39.6 Å². The van der Waals surface area contributed by atoms with E-state index in [9.17, 15) is 0 Å². The molecule has 0 saturated carbocycles. The van der Waals surface area contributed by atoms with Gasteiger partial charge in [0.15, 0.2) is 0 Å². The summed E-state index contributed by atoms with van der Waals surface area (Å²) in [5.41, 5.74) is 4.67. The summed E-state index contributed by atoms with van der Waals surface area (Å²) >= 11 is 0. The van der Waals surface area contributed by atoms with Gasteiger partial charge in [-0.25, -0.2) is 0 Å². The fourth-order valence-corrected chi connectivity index (χ4v) is 4.81. The van der Waals surface area contributed by atoms with Gasteiger partial charge in [0.05, 0.1) is 37.3 Å². The van der Waals surface area contributed by atoms with Crippen molar-refractivity contribution in [3.8, 4) is 0 Å². The average molecular weight is 359 g/mol. The first-order valence-electron chi connectivity index (χ1n) is 9.61. The standard InChI is InChI=1S/C22H25N5/c1-18-7-9-19(10-8-18)11-23-24-21(20-5-3-2-4-6-20)22-12-25-15-26(13-22)17-27(14-22)16-25/h2-11H,12-17H2,1H3/b23-11+,24-21+. The summed E-state index contributed by atoms with van der Waals surface area (Å²) in [6.07, 6.45) is 1.86. The highest BCUT2D eigenvalue weighted by atomic mass is 15.5. The van der Waals surface area contributed by atoms with Crippen LogP contribution in [-0.4, -0.2) is 66.3 Å². The van der Waals surface area contributed by atoms with E-state index in [-0.39, 0.29) is 5.41 Å². The van der Waals surface area contributed by atoms with Gasteiger partial charge in [0.25, 0.3) is 0 Å². The highest BCUT2D eigenvalue weighted by Gasteiger charge is 2.51. The molecule has 5 heteroatoms. The van der Waals surface area contributed by atoms with Crippen LogP contribution in [0.3, 0.4) is 0 Å². The van der Waals surface area contributed by atoms with Gasteiger partial charge in [0.2, 0.25) is 0 Å². The van der Waals surface area contributed by atoms with E-state index < -0.39 is 0 Å². The molecule has 4 heterocycles. The van der Waals surface area contributed by atoms with Crippen LogP contribution in [0.4, 0.5) is 0 Å². The molecule has 4 aliphatic heterocycles. The third kappa shape index (κ3) is 3.23. The van der Waals surface area contributed by atoms with Crippen LogP contribution >= 0.6 is 0 Å². The number of hydrogen-bond acceptors (Lipinski definition) is 5. The minimum Gasteiger partial charge on any atom is -0.276 e. The maximum atomic E-state index is 4.81. The van der Waals surface area contributed by atoms with Crippen molar-refractivity contribution in [3.63, 3.8) is 0 Å². The smallest absolute Gasteiger partial charge is 0.0802 e. The van der Waals surface area contributed by atoms with Crippen molar-refractivity contribution in [1.82, 2.24) is 14.7 Å². The zero-order chi connectivity index (χ0) is 18.3. The molecule has 4 bridgehead atoms. The third-order valence-corrected chi connectivity index (χ3v) is 5.77. The van der Waals surface area contributed by atoms with Gasteiger partial charge in [-0.15, -0.1) is 0 Å². The molecule has 0 spiro atoms. The number of nitrogens with zero attached hydrogens (tertiary/aromatic N) is 5. The quantitative estimate of drug-likeness (QED) is 0.622. The Labute approximate surface area is 160 Å². The maximum Gasteiger partial charge on any atom is 0.0802 e. The third-order valence-electron chi connectivity index (χ3n) is 5.77. The molecule has 0 N–H and O–H groups in total. The Morgan fingerprint density at radius 2 is 1.44 bits per heavy atom.